The van der Waals surface area contributed by atoms with Gasteiger partial charge in [0.25, 0.3) is 0 Å². The normalized spacial score (nSPS) is 21.0. The van der Waals surface area contributed by atoms with E-state index in [0.717, 1.165) is 25.7 Å². The Kier molecular flexibility index (Phi) is 22.0. The van der Waals surface area contributed by atoms with E-state index in [1.807, 2.05) is 0 Å². The molecule has 1 aromatic carbocycles. The SMILES string of the molecule is COc1cc(/C=C/C(=O)OC[C@H]2COC(=O)CCCCCCCCCCCCCCCCCCCCCCCO2)ccc1O. The van der Waals surface area contributed by atoms with Gasteiger partial charge in [0.05, 0.1) is 7.11 Å². The molecule has 1 atom stereocenters. The van der Waals surface area contributed by atoms with Crippen LogP contribution in [0.15, 0.2) is 24.3 Å². The van der Waals surface area contributed by atoms with Crippen molar-refractivity contribution in [2.24, 2.45) is 0 Å². The number of phenolic OH excluding ortho intramolecular Hbond substituents is 1. The van der Waals surface area contributed by atoms with Crippen LogP contribution < -0.4 is 4.74 Å². The van der Waals surface area contributed by atoms with Crippen LogP contribution in [-0.2, 0) is 23.8 Å². The van der Waals surface area contributed by atoms with Gasteiger partial charge in [0.2, 0.25) is 0 Å². The van der Waals surface area contributed by atoms with E-state index in [9.17, 15) is 14.7 Å². The van der Waals surface area contributed by atoms with E-state index in [4.69, 9.17) is 18.9 Å². The molecule has 1 aliphatic heterocycles. The van der Waals surface area contributed by atoms with Crippen molar-refractivity contribution in [3.63, 3.8) is 0 Å². The molecule has 1 saturated heterocycles. The molecule has 1 heterocycles. The summed E-state index contributed by atoms with van der Waals surface area (Å²) in [6.45, 7) is 0.628. The number of aromatic hydroxyl groups is 1. The number of hydrogen-bond acceptors (Lipinski definition) is 7. The Morgan fingerprint density at radius 2 is 1.30 bits per heavy atom. The minimum atomic E-state index is -0.519. The molecule has 250 valence electrons. The summed E-state index contributed by atoms with van der Waals surface area (Å²) in [6, 6.07) is 4.81. The standard InChI is InChI=1S/C37H60O7/c1-41-35-29-32(24-26-34(35)38)25-27-37(40)44-31-33-30-43-36(39)23-21-19-17-15-13-11-9-7-5-3-2-4-6-8-10-12-14-16-18-20-22-28-42-33/h24-27,29,33,38H,2-23,28,30-31H2,1H3/b27-25+/t33-/m1/s1. The van der Waals surface area contributed by atoms with Crippen molar-refractivity contribution in [2.75, 3.05) is 26.9 Å². The fourth-order valence-electron chi connectivity index (χ4n) is 5.57. The lowest BCUT2D eigenvalue weighted by molar-refractivity contribution is -0.153. The van der Waals surface area contributed by atoms with Crippen LogP contribution in [-0.4, -0.2) is 50.1 Å². The number of benzene rings is 1. The lowest BCUT2D eigenvalue weighted by Crippen LogP contribution is -2.28. The quantitative estimate of drug-likeness (QED) is 0.260. The zero-order valence-corrected chi connectivity index (χ0v) is 27.5. The van der Waals surface area contributed by atoms with Crippen LogP contribution in [0.1, 0.15) is 147 Å². The van der Waals surface area contributed by atoms with Gasteiger partial charge in [-0.2, -0.15) is 0 Å². The number of methoxy groups -OCH3 is 1. The predicted octanol–water partition coefficient (Wildman–Crippen LogP) is 9.48. The Morgan fingerprint density at radius 1 is 0.795 bits per heavy atom. The molecular weight excluding hydrogens is 556 g/mol. The third kappa shape index (κ3) is 19.7. The van der Waals surface area contributed by atoms with Crippen LogP contribution in [0.2, 0.25) is 0 Å². The van der Waals surface area contributed by atoms with Gasteiger partial charge < -0.3 is 24.1 Å². The molecule has 1 fully saturated rings. The van der Waals surface area contributed by atoms with E-state index < -0.39 is 12.1 Å². The molecule has 0 unspecified atom stereocenters. The molecule has 1 aromatic rings. The summed E-state index contributed by atoms with van der Waals surface area (Å²) in [6.07, 6.45) is 29.4. The largest absolute Gasteiger partial charge is 0.504 e. The van der Waals surface area contributed by atoms with E-state index >= 15 is 0 Å². The van der Waals surface area contributed by atoms with Gasteiger partial charge >= 0.3 is 11.9 Å². The molecule has 0 radical (unpaired) electrons. The summed E-state index contributed by atoms with van der Waals surface area (Å²) in [5.74, 6) is -0.385. The Hall–Kier alpha value is -2.54. The first-order valence-electron chi connectivity index (χ1n) is 17.6. The summed E-state index contributed by atoms with van der Waals surface area (Å²) >= 11 is 0. The number of cyclic esters (lactones) is 1. The highest BCUT2D eigenvalue weighted by Crippen LogP contribution is 2.26. The van der Waals surface area contributed by atoms with Crippen LogP contribution >= 0.6 is 0 Å². The second-order valence-electron chi connectivity index (χ2n) is 12.2. The zero-order valence-electron chi connectivity index (χ0n) is 27.5. The molecule has 0 spiro atoms. The van der Waals surface area contributed by atoms with E-state index in [1.165, 1.54) is 128 Å². The Balaban J connectivity index is 1.78. The summed E-state index contributed by atoms with van der Waals surface area (Å²) in [5.41, 5.74) is 0.693. The molecule has 7 heteroatoms. The third-order valence-electron chi connectivity index (χ3n) is 8.34. The second-order valence-corrected chi connectivity index (χ2v) is 12.2. The highest BCUT2D eigenvalue weighted by atomic mass is 16.6. The number of carbonyl (C=O) groups excluding carboxylic acids is 2. The molecule has 0 bridgehead atoms. The fourth-order valence-corrected chi connectivity index (χ4v) is 5.57. The lowest BCUT2D eigenvalue weighted by Gasteiger charge is -2.18. The smallest absolute Gasteiger partial charge is 0.330 e. The van der Waals surface area contributed by atoms with Crippen molar-refractivity contribution in [1.29, 1.82) is 0 Å². The van der Waals surface area contributed by atoms with Crippen LogP contribution in [0.4, 0.5) is 0 Å². The first-order valence-corrected chi connectivity index (χ1v) is 17.6. The Morgan fingerprint density at radius 3 is 1.82 bits per heavy atom. The number of phenols is 1. The van der Waals surface area contributed by atoms with E-state index in [2.05, 4.69) is 0 Å². The highest BCUT2D eigenvalue weighted by molar-refractivity contribution is 5.87. The molecular formula is C37H60O7. The van der Waals surface area contributed by atoms with Crippen LogP contribution in [0.5, 0.6) is 11.5 Å². The Bertz CT molecular complexity index is 913. The molecule has 0 amide bonds. The van der Waals surface area contributed by atoms with Gasteiger partial charge in [-0.15, -0.1) is 0 Å². The number of rotatable bonds is 5. The van der Waals surface area contributed by atoms with Crippen LogP contribution in [0.3, 0.4) is 0 Å². The van der Waals surface area contributed by atoms with Gasteiger partial charge in [0.1, 0.15) is 19.3 Å². The van der Waals surface area contributed by atoms with E-state index in [0.29, 0.717) is 24.3 Å². The molecule has 0 saturated carbocycles. The third-order valence-corrected chi connectivity index (χ3v) is 8.34. The highest BCUT2D eigenvalue weighted by Gasteiger charge is 2.15. The van der Waals surface area contributed by atoms with Crippen LogP contribution in [0, 0.1) is 0 Å². The summed E-state index contributed by atoms with van der Waals surface area (Å²) in [4.78, 5) is 24.8. The first kappa shape index (κ1) is 37.6. The van der Waals surface area contributed by atoms with Gasteiger partial charge in [-0.05, 0) is 36.6 Å². The summed E-state index contributed by atoms with van der Waals surface area (Å²) in [5, 5.41) is 9.75. The van der Waals surface area contributed by atoms with E-state index in [-0.39, 0.29) is 24.9 Å². The minimum absolute atomic E-state index is 0.00928. The number of carbonyl (C=O) groups is 2. The van der Waals surface area contributed by atoms with Crippen molar-refractivity contribution >= 4 is 18.0 Å². The van der Waals surface area contributed by atoms with Crippen molar-refractivity contribution in [3.8, 4) is 11.5 Å². The molecule has 44 heavy (non-hydrogen) atoms. The maximum atomic E-state index is 12.4. The van der Waals surface area contributed by atoms with Gasteiger partial charge in [-0.25, -0.2) is 4.79 Å². The monoisotopic (exact) mass is 616 g/mol. The molecule has 0 aromatic heterocycles. The minimum Gasteiger partial charge on any atom is -0.504 e. The van der Waals surface area contributed by atoms with Gasteiger partial charge in [0, 0.05) is 19.1 Å². The number of hydrogen-bond donors (Lipinski definition) is 1. The Labute approximate surface area is 267 Å². The maximum Gasteiger partial charge on any atom is 0.330 e. The molecule has 1 aliphatic rings. The zero-order chi connectivity index (χ0) is 31.5. The topological polar surface area (TPSA) is 91.3 Å². The van der Waals surface area contributed by atoms with Crippen molar-refractivity contribution in [1.82, 2.24) is 0 Å². The average Bonchev–Trinajstić information content (AvgIpc) is 3.03. The molecule has 1 N–H and O–H groups in total. The van der Waals surface area contributed by atoms with Gasteiger partial charge in [0.15, 0.2) is 11.5 Å². The predicted molar refractivity (Wildman–Crippen MR) is 177 cm³/mol. The van der Waals surface area contributed by atoms with Crippen molar-refractivity contribution in [2.45, 2.75) is 147 Å². The summed E-state index contributed by atoms with van der Waals surface area (Å²) < 4.78 is 22.1. The molecule has 7 nitrogen and oxygen atoms in total. The average molecular weight is 617 g/mol. The molecule has 0 aliphatic carbocycles. The number of esters is 2. The second kappa shape index (κ2) is 25.8. The number of ether oxygens (including phenoxy) is 4. The molecule has 2 rings (SSSR count). The van der Waals surface area contributed by atoms with Gasteiger partial charge in [-0.1, -0.05) is 128 Å². The maximum absolute atomic E-state index is 12.4. The van der Waals surface area contributed by atoms with Crippen molar-refractivity contribution < 1.29 is 33.6 Å². The van der Waals surface area contributed by atoms with Crippen molar-refractivity contribution in [3.05, 3.63) is 29.8 Å². The van der Waals surface area contributed by atoms with Gasteiger partial charge in [-0.3, -0.25) is 4.79 Å². The fraction of sp³-hybridized carbons (Fsp3) is 0.730. The van der Waals surface area contributed by atoms with E-state index in [1.54, 1.807) is 18.2 Å². The lowest BCUT2D eigenvalue weighted by atomic mass is 10.0. The first-order chi connectivity index (χ1) is 21.6. The summed E-state index contributed by atoms with van der Waals surface area (Å²) in [7, 11) is 1.47. The van der Waals surface area contributed by atoms with Crippen LogP contribution in [0.25, 0.3) is 6.08 Å².